The first-order valence-corrected chi connectivity index (χ1v) is 18.9. The number of nitrogens with zero attached hydrogens (tertiary/aromatic N) is 4. The second-order valence-corrected chi connectivity index (χ2v) is 13.6. The number of rotatable bonds is 6. The van der Waals surface area contributed by atoms with Crippen molar-refractivity contribution >= 4 is 60.2 Å². The van der Waals surface area contributed by atoms with Crippen LogP contribution in [0.3, 0.4) is 0 Å². The number of halogens is 4. The van der Waals surface area contributed by atoms with Gasteiger partial charge in [0.25, 0.3) is 0 Å². The van der Waals surface area contributed by atoms with Gasteiger partial charge in [-0.3, -0.25) is 9.78 Å². The summed E-state index contributed by atoms with van der Waals surface area (Å²) in [5, 5.41) is 13.3. The van der Waals surface area contributed by atoms with E-state index in [1.807, 2.05) is 58.0 Å². The number of fused-ring (bicyclic) bond motifs is 1. The van der Waals surface area contributed by atoms with E-state index in [1.54, 1.807) is 12.3 Å². The van der Waals surface area contributed by atoms with Crippen molar-refractivity contribution in [3.8, 4) is 33.8 Å². The van der Waals surface area contributed by atoms with Gasteiger partial charge in [-0.15, -0.1) is 0 Å². The van der Waals surface area contributed by atoms with E-state index in [4.69, 9.17) is 16.6 Å². The SMILES string of the molecule is Clc1cccc(-c2cc(-c3ccc(Br)cc3)nc(-c3ccccn3)c2)c1.O=C(O)c1cn(C2CC2)c2cc(N3CCNCC3)c(F)cc2c1=O.[Cl][Cu]. The van der Waals surface area contributed by atoms with Gasteiger partial charge < -0.3 is 19.9 Å². The number of hydrogen-bond acceptors (Lipinski definition) is 6. The summed E-state index contributed by atoms with van der Waals surface area (Å²) in [6.07, 6.45) is 5.07. The van der Waals surface area contributed by atoms with Crippen LogP contribution in [0.1, 0.15) is 29.2 Å². The quantitative estimate of drug-likeness (QED) is 0.161. The van der Waals surface area contributed by atoms with E-state index in [9.17, 15) is 19.1 Å². The molecule has 8 nitrogen and oxygen atoms in total. The predicted molar refractivity (Wildman–Crippen MR) is 205 cm³/mol. The fourth-order valence-corrected chi connectivity index (χ4v) is 6.55. The van der Waals surface area contributed by atoms with Crippen LogP contribution >= 0.6 is 37.6 Å². The van der Waals surface area contributed by atoms with Gasteiger partial charge in [0.05, 0.1) is 28.3 Å². The Morgan fingerprint density at radius 1 is 0.885 bits per heavy atom. The molecule has 270 valence electrons. The van der Waals surface area contributed by atoms with E-state index >= 15 is 0 Å². The molecule has 1 aliphatic heterocycles. The van der Waals surface area contributed by atoms with Crippen LogP contribution in [0.25, 0.3) is 44.7 Å². The number of pyridine rings is 3. The van der Waals surface area contributed by atoms with Crippen molar-refractivity contribution in [2.45, 2.75) is 18.9 Å². The van der Waals surface area contributed by atoms with Crippen LogP contribution in [0.5, 0.6) is 0 Å². The third-order valence-electron chi connectivity index (χ3n) is 8.78. The molecule has 52 heavy (non-hydrogen) atoms. The first-order chi connectivity index (χ1) is 25.2. The first kappa shape index (κ1) is 37.7. The normalized spacial score (nSPS) is 13.8. The van der Waals surface area contributed by atoms with E-state index < -0.39 is 17.2 Å². The van der Waals surface area contributed by atoms with Gasteiger partial charge in [-0.1, -0.05) is 57.9 Å². The summed E-state index contributed by atoms with van der Waals surface area (Å²) in [5.41, 5.74) is 5.89. The van der Waals surface area contributed by atoms with Gasteiger partial charge in [-0.05, 0) is 84.6 Å². The predicted octanol–water partition coefficient (Wildman–Crippen LogP) is 9.16. The molecule has 0 radical (unpaired) electrons. The van der Waals surface area contributed by atoms with E-state index in [0.29, 0.717) is 29.3 Å². The van der Waals surface area contributed by atoms with E-state index in [-0.39, 0.29) is 17.0 Å². The Balaban J connectivity index is 0.000000171. The summed E-state index contributed by atoms with van der Waals surface area (Å²) in [6.45, 7) is 2.96. The molecule has 2 aliphatic rings. The van der Waals surface area contributed by atoms with E-state index in [0.717, 1.165) is 64.2 Å². The van der Waals surface area contributed by atoms with Crippen molar-refractivity contribution in [1.29, 1.82) is 0 Å². The second-order valence-electron chi connectivity index (χ2n) is 12.2. The van der Waals surface area contributed by atoms with Crippen molar-refractivity contribution in [3.05, 3.63) is 134 Å². The summed E-state index contributed by atoms with van der Waals surface area (Å²) in [5.74, 6) is -1.76. The molecular weight excluding hydrogens is 820 g/mol. The van der Waals surface area contributed by atoms with Crippen LogP contribution in [0, 0.1) is 5.82 Å². The third-order valence-corrected chi connectivity index (χ3v) is 9.54. The number of benzene rings is 3. The molecule has 2 N–H and O–H groups in total. The fourth-order valence-electron chi connectivity index (χ4n) is 6.09. The van der Waals surface area contributed by atoms with Crippen LogP contribution < -0.4 is 15.6 Å². The Hall–Kier alpha value is -4.09. The Morgan fingerprint density at radius 2 is 1.62 bits per heavy atom. The van der Waals surface area contributed by atoms with Crippen molar-refractivity contribution in [3.63, 3.8) is 0 Å². The van der Waals surface area contributed by atoms with Crippen LogP contribution in [0.2, 0.25) is 5.02 Å². The van der Waals surface area contributed by atoms with Crippen LogP contribution in [0.4, 0.5) is 10.1 Å². The third kappa shape index (κ3) is 8.74. The number of aromatic carboxylic acids is 1. The van der Waals surface area contributed by atoms with Crippen molar-refractivity contribution in [2.24, 2.45) is 0 Å². The average molecular weight is 852 g/mol. The standard InChI is InChI=1S/C22H14BrClN2.C17H18FN3O3.ClH.Cu/c23-18-9-7-15(8-10-18)21-13-17(16-4-3-5-19(24)12-16)14-22(26-21)20-6-1-2-11-25-20;18-13-7-11-14(8-15(13)20-5-3-19-4-6-20)21(10-1-2-10)9-12(16(11)22)17(23)24;;/h1-14H;7-10,19H,1-6H2,(H,23,24);1H;/q;;;+1/p-1. The molecule has 1 aliphatic carbocycles. The number of carbonyl (C=O) groups is 1. The van der Waals surface area contributed by atoms with E-state index in [1.165, 1.54) is 12.3 Å². The maximum atomic E-state index is 14.6. The van der Waals surface area contributed by atoms with Gasteiger partial charge in [0.1, 0.15) is 11.4 Å². The molecule has 3 aromatic heterocycles. The molecule has 0 bridgehead atoms. The van der Waals surface area contributed by atoms with Crippen LogP contribution in [-0.4, -0.2) is 51.8 Å². The van der Waals surface area contributed by atoms with Crippen molar-refractivity contribution in [2.75, 3.05) is 31.1 Å². The minimum absolute atomic E-state index is 0.137. The number of carboxylic acid groups (broad SMARTS) is 1. The van der Waals surface area contributed by atoms with Gasteiger partial charge in [0, 0.05) is 65.1 Å². The second kappa shape index (κ2) is 17.2. The Kier molecular flexibility index (Phi) is 12.4. The fraction of sp³-hybridized carbons (Fsp3) is 0.179. The molecular formula is C39H32BrCl2CuFN5O3. The Labute approximate surface area is 325 Å². The summed E-state index contributed by atoms with van der Waals surface area (Å²) >= 11 is 13.3. The Bertz CT molecular complexity index is 2270. The van der Waals surface area contributed by atoms with Crippen LogP contribution in [0.15, 0.2) is 113 Å². The molecule has 0 amide bonds. The molecule has 0 unspecified atom stereocenters. The molecule has 13 heteroatoms. The molecule has 2 fully saturated rings. The average Bonchev–Trinajstić information content (AvgIpc) is 4.03. The molecule has 1 saturated carbocycles. The van der Waals surface area contributed by atoms with Gasteiger partial charge in [0.2, 0.25) is 5.43 Å². The first-order valence-electron chi connectivity index (χ1n) is 16.4. The van der Waals surface area contributed by atoms with Gasteiger partial charge >= 0.3 is 31.2 Å². The zero-order chi connectivity index (χ0) is 36.8. The number of hydrogen-bond donors (Lipinski definition) is 2. The van der Waals surface area contributed by atoms with E-state index in [2.05, 4.69) is 81.8 Å². The summed E-state index contributed by atoms with van der Waals surface area (Å²) in [6, 6.07) is 29.0. The molecule has 0 atom stereocenters. The molecule has 1 saturated heterocycles. The number of anilines is 1. The molecule has 3 aromatic carbocycles. The van der Waals surface area contributed by atoms with Crippen LogP contribution in [-0.2, 0) is 15.1 Å². The maximum absolute atomic E-state index is 14.6. The summed E-state index contributed by atoms with van der Waals surface area (Å²) < 4.78 is 17.5. The van der Waals surface area contributed by atoms with Crippen molar-refractivity contribution < 1.29 is 29.4 Å². The Morgan fingerprint density at radius 3 is 2.27 bits per heavy atom. The minimum atomic E-state index is -1.28. The number of carboxylic acids is 1. The van der Waals surface area contributed by atoms with Gasteiger partial charge in [-0.2, -0.15) is 0 Å². The molecule has 4 heterocycles. The molecule has 0 spiro atoms. The van der Waals surface area contributed by atoms with Gasteiger partial charge in [0.15, 0.2) is 0 Å². The molecule has 6 aromatic rings. The monoisotopic (exact) mass is 849 g/mol. The zero-order valence-electron chi connectivity index (χ0n) is 27.5. The topological polar surface area (TPSA) is 100 Å². The number of piperazine rings is 1. The van der Waals surface area contributed by atoms with Gasteiger partial charge in [-0.25, -0.2) is 14.2 Å². The number of nitrogens with one attached hydrogen (secondary N) is 1. The van der Waals surface area contributed by atoms with Crippen molar-refractivity contribution in [1.82, 2.24) is 19.9 Å². The summed E-state index contributed by atoms with van der Waals surface area (Å²) in [7, 11) is 4.20. The number of aromatic nitrogens is 3. The molecule has 8 rings (SSSR count). The summed E-state index contributed by atoms with van der Waals surface area (Å²) in [4.78, 5) is 35.0. The zero-order valence-corrected chi connectivity index (χ0v) is 31.5.